The molecule has 1 unspecified atom stereocenters. The van der Waals surface area contributed by atoms with Gasteiger partial charge < -0.3 is 9.84 Å². The van der Waals surface area contributed by atoms with Gasteiger partial charge in [0.2, 0.25) is 10.0 Å². The van der Waals surface area contributed by atoms with Crippen molar-refractivity contribution < 1.29 is 23.1 Å². The Labute approximate surface area is 147 Å². The Morgan fingerprint density at radius 1 is 1.12 bits per heavy atom. The normalized spacial score (nSPS) is 13.9. The van der Waals surface area contributed by atoms with Gasteiger partial charge in [-0.05, 0) is 24.6 Å². The largest absolute Gasteiger partial charge is 0.468 e. The molecule has 0 aromatic heterocycles. The van der Waals surface area contributed by atoms with Crippen molar-refractivity contribution in [3.05, 3.63) is 65.7 Å². The number of benzene rings is 2. The van der Waals surface area contributed by atoms with Gasteiger partial charge in [0.1, 0.15) is 6.04 Å². The lowest BCUT2D eigenvalue weighted by molar-refractivity contribution is -0.143. The van der Waals surface area contributed by atoms with Crippen molar-refractivity contribution in [1.29, 1.82) is 0 Å². The highest BCUT2D eigenvalue weighted by atomic mass is 32.2. The van der Waals surface area contributed by atoms with E-state index in [1.165, 1.54) is 19.2 Å². The fraction of sp³-hybridized carbons (Fsp3) is 0.278. The van der Waals surface area contributed by atoms with E-state index in [2.05, 4.69) is 9.46 Å². The maximum Gasteiger partial charge on any atom is 0.324 e. The van der Waals surface area contributed by atoms with Gasteiger partial charge in [-0.3, -0.25) is 4.79 Å². The third-order valence-corrected chi connectivity index (χ3v) is 5.25. The molecule has 0 fully saturated rings. The minimum absolute atomic E-state index is 0.0428. The summed E-state index contributed by atoms with van der Waals surface area (Å²) >= 11 is 0. The van der Waals surface area contributed by atoms with Crippen LogP contribution in [0.2, 0.25) is 0 Å². The number of aliphatic hydroxyl groups is 1. The zero-order valence-corrected chi connectivity index (χ0v) is 14.9. The third-order valence-electron chi connectivity index (χ3n) is 3.76. The smallest absolute Gasteiger partial charge is 0.324 e. The molecule has 0 heterocycles. The van der Waals surface area contributed by atoms with Crippen LogP contribution in [0.3, 0.4) is 0 Å². The minimum atomic E-state index is -3.92. The van der Waals surface area contributed by atoms with Gasteiger partial charge in [-0.15, -0.1) is 0 Å². The van der Waals surface area contributed by atoms with Crippen molar-refractivity contribution in [3.63, 3.8) is 0 Å². The van der Waals surface area contributed by atoms with Gasteiger partial charge in [0.15, 0.2) is 0 Å². The Morgan fingerprint density at radius 2 is 1.72 bits per heavy atom. The number of hydrogen-bond acceptors (Lipinski definition) is 5. The summed E-state index contributed by atoms with van der Waals surface area (Å²) in [7, 11) is -2.75. The van der Waals surface area contributed by atoms with E-state index in [0.29, 0.717) is 5.56 Å². The Hall–Kier alpha value is -2.22. The molecule has 25 heavy (non-hydrogen) atoms. The van der Waals surface area contributed by atoms with Crippen molar-refractivity contribution in [2.45, 2.75) is 30.4 Å². The van der Waals surface area contributed by atoms with Gasteiger partial charge in [0, 0.05) is 6.42 Å². The number of aryl methyl sites for hydroxylation is 1. The summed E-state index contributed by atoms with van der Waals surface area (Å²) in [5.74, 6) is -0.759. The van der Waals surface area contributed by atoms with Crippen molar-refractivity contribution in [1.82, 2.24) is 4.72 Å². The monoisotopic (exact) mass is 363 g/mol. The maximum atomic E-state index is 12.5. The summed E-state index contributed by atoms with van der Waals surface area (Å²) in [4.78, 5) is 12.0. The summed E-state index contributed by atoms with van der Waals surface area (Å²) in [5.41, 5.74) is 1.51. The molecule has 2 atom stereocenters. The van der Waals surface area contributed by atoms with Gasteiger partial charge in [-0.1, -0.05) is 48.0 Å². The number of esters is 1. The first-order valence-corrected chi connectivity index (χ1v) is 9.21. The van der Waals surface area contributed by atoms with Crippen LogP contribution in [0.4, 0.5) is 0 Å². The molecule has 0 saturated heterocycles. The van der Waals surface area contributed by atoms with Crippen molar-refractivity contribution in [2.75, 3.05) is 7.11 Å². The van der Waals surface area contributed by atoms with Crippen molar-refractivity contribution in [2.24, 2.45) is 0 Å². The summed E-state index contributed by atoms with van der Waals surface area (Å²) in [6.07, 6.45) is -1.15. The molecule has 0 aliphatic heterocycles. The van der Waals surface area contributed by atoms with E-state index in [9.17, 15) is 18.3 Å². The van der Waals surface area contributed by atoms with E-state index in [0.717, 1.165) is 5.56 Å². The van der Waals surface area contributed by atoms with Crippen LogP contribution in [0.5, 0.6) is 0 Å². The molecule has 0 amide bonds. The Morgan fingerprint density at radius 3 is 2.28 bits per heavy atom. The highest BCUT2D eigenvalue weighted by Gasteiger charge is 2.29. The lowest BCUT2D eigenvalue weighted by Crippen LogP contribution is -2.42. The summed E-state index contributed by atoms with van der Waals surface area (Å²) in [6, 6.07) is 13.8. The molecule has 2 N–H and O–H groups in total. The summed E-state index contributed by atoms with van der Waals surface area (Å²) < 4.78 is 32.0. The average Bonchev–Trinajstić information content (AvgIpc) is 2.61. The van der Waals surface area contributed by atoms with Gasteiger partial charge in [0.25, 0.3) is 0 Å². The predicted molar refractivity (Wildman–Crippen MR) is 93.3 cm³/mol. The first-order valence-electron chi connectivity index (χ1n) is 7.73. The van der Waals surface area contributed by atoms with E-state index >= 15 is 0 Å². The van der Waals surface area contributed by atoms with E-state index in [-0.39, 0.29) is 11.3 Å². The molecule has 2 aromatic rings. The fourth-order valence-electron chi connectivity index (χ4n) is 2.34. The molecule has 0 bridgehead atoms. The lowest BCUT2D eigenvalue weighted by Gasteiger charge is -2.20. The first-order chi connectivity index (χ1) is 11.8. The molecular formula is C18H21NO5S. The second-order valence-electron chi connectivity index (χ2n) is 5.67. The van der Waals surface area contributed by atoms with Crippen LogP contribution in [-0.4, -0.2) is 32.6 Å². The predicted octanol–water partition coefficient (Wildman–Crippen LogP) is 1.94. The number of nitrogens with one attached hydrogen (secondary N) is 1. The Bertz CT molecular complexity index is 803. The van der Waals surface area contributed by atoms with Crippen LogP contribution < -0.4 is 4.72 Å². The summed E-state index contributed by atoms with van der Waals surface area (Å²) in [5, 5.41) is 10.3. The molecule has 7 heteroatoms. The van der Waals surface area contributed by atoms with Gasteiger partial charge in [-0.25, -0.2) is 8.42 Å². The van der Waals surface area contributed by atoms with Crippen LogP contribution in [-0.2, 0) is 19.6 Å². The number of rotatable bonds is 7. The van der Waals surface area contributed by atoms with Crippen LogP contribution in [0, 0.1) is 6.92 Å². The molecule has 6 nitrogen and oxygen atoms in total. The molecule has 0 spiro atoms. The van der Waals surface area contributed by atoms with Crippen LogP contribution in [0.25, 0.3) is 0 Å². The van der Waals surface area contributed by atoms with E-state index in [1.54, 1.807) is 42.5 Å². The van der Waals surface area contributed by atoms with E-state index in [1.807, 2.05) is 6.92 Å². The molecular weight excluding hydrogens is 342 g/mol. The van der Waals surface area contributed by atoms with Crippen LogP contribution in [0.15, 0.2) is 59.5 Å². The number of hydrogen-bond donors (Lipinski definition) is 2. The fourth-order valence-corrected chi connectivity index (χ4v) is 3.54. The molecule has 2 aromatic carbocycles. The maximum absolute atomic E-state index is 12.5. The molecule has 0 saturated carbocycles. The Kier molecular flexibility index (Phi) is 6.30. The second-order valence-corrected chi connectivity index (χ2v) is 7.39. The second kappa shape index (κ2) is 8.24. The number of carbonyl (C=O) groups is 1. The van der Waals surface area contributed by atoms with Gasteiger partial charge in [0.05, 0.1) is 18.1 Å². The highest BCUT2D eigenvalue weighted by molar-refractivity contribution is 7.89. The minimum Gasteiger partial charge on any atom is -0.468 e. The van der Waals surface area contributed by atoms with E-state index in [4.69, 9.17) is 0 Å². The number of sulfonamides is 1. The average molecular weight is 363 g/mol. The first kappa shape index (κ1) is 19.1. The number of methoxy groups -OCH3 is 1. The van der Waals surface area contributed by atoms with Gasteiger partial charge in [-0.2, -0.15) is 4.72 Å². The number of aliphatic hydroxyl groups excluding tert-OH is 1. The number of carbonyl (C=O) groups excluding carboxylic acids is 1. The SMILES string of the molecule is COC(=O)[C@H](CC(O)c1ccccc1)NS(=O)(=O)c1ccc(C)cc1. The van der Waals surface area contributed by atoms with Crippen molar-refractivity contribution >= 4 is 16.0 Å². The third kappa shape index (κ3) is 5.12. The highest BCUT2D eigenvalue weighted by Crippen LogP contribution is 2.20. The van der Waals surface area contributed by atoms with E-state index < -0.39 is 28.1 Å². The van der Waals surface area contributed by atoms with Gasteiger partial charge >= 0.3 is 5.97 Å². The lowest BCUT2D eigenvalue weighted by atomic mass is 10.0. The van der Waals surface area contributed by atoms with Crippen LogP contribution >= 0.6 is 0 Å². The standard InChI is InChI=1S/C18H21NO5S/c1-13-8-10-15(11-9-13)25(22,23)19-16(18(21)24-2)12-17(20)14-6-4-3-5-7-14/h3-11,16-17,19-20H,12H2,1-2H3/t16-,17?/m0/s1. The van der Waals surface area contributed by atoms with Crippen molar-refractivity contribution in [3.8, 4) is 0 Å². The zero-order valence-electron chi connectivity index (χ0n) is 14.0. The molecule has 0 radical (unpaired) electrons. The topological polar surface area (TPSA) is 92.7 Å². The quantitative estimate of drug-likeness (QED) is 0.734. The molecule has 134 valence electrons. The molecule has 2 rings (SSSR count). The van der Waals surface area contributed by atoms with Crippen LogP contribution in [0.1, 0.15) is 23.7 Å². The zero-order chi connectivity index (χ0) is 18.4. The summed E-state index contributed by atoms with van der Waals surface area (Å²) in [6.45, 7) is 1.84. The molecule has 0 aliphatic carbocycles. The molecule has 0 aliphatic rings. The number of ether oxygens (including phenoxy) is 1. The Balaban J connectivity index is 2.20.